The van der Waals surface area contributed by atoms with Crippen LogP contribution in [-0.2, 0) is 4.79 Å². The van der Waals surface area contributed by atoms with Gasteiger partial charge in [-0.3, -0.25) is 4.79 Å². The Kier molecular flexibility index (Phi) is 6.49. The minimum Gasteiger partial charge on any atom is -0.391 e. The van der Waals surface area contributed by atoms with Gasteiger partial charge in [-0.2, -0.15) is 0 Å². The van der Waals surface area contributed by atoms with Crippen molar-refractivity contribution >= 4 is 5.91 Å². The molecule has 14 heavy (non-hydrogen) atoms. The Morgan fingerprint density at radius 2 is 2.14 bits per heavy atom. The fraction of sp³-hybridized carbons (Fsp3) is 0.900. The van der Waals surface area contributed by atoms with Crippen LogP contribution in [0.4, 0.5) is 0 Å². The number of primary amides is 1. The van der Waals surface area contributed by atoms with Gasteiger partial charge in [0, 0.05) is 6.04 Å². The average Bonchev–Trinajstić information content (AvgIpc) is 2.71. The van der Waals surface area contributed by atoms with Gasteiger partial charge in [0.1, 0.15) is 0 Å². The normalized spacial score (nSPS) is 24.7. The molecule has 0 aromatic rings. The first-order valence-electron chi connectivity index (χ1n) is 5.33. The van der Waals surface area contributed by atoms with Gasteiger partial charge in [-0.25, -0.2) is 0 Å². The van der Waals surface area contributed by atoms with E-state index in [0.29, 0.717) is 0 Å². The smallest absolute Gasteiger partial charge is 0.222 e. The number of hydrogen-bond donors (Lipinski definition) is 3. The molecule has 1 aliphatic rings. The van der Waals surface area contributed by atoms with Crippen molar-refractivity contribution in [2.45, 2.75) is 45.8 Å². The molecule has 3 unspecified atom stereocenters. The number of rotatable bonds is 3. The topological polar surface area (TPSA) is 75.4 Å². The van der Waals surface area contributed by atoms with Crippen molar-refractivity contribution in [2.24, 2.45) is 11.7 Å². The summed E-state index contributed by atoms with van der Waals surface area (Å²) in [6, 6.07) is 0.0486. The lowest BCUT2D eigenvalue weighted by atomic mass is 9.96. The quantitative estimate of drug-likeness (QED) is 0.614. The first-order valence-corrected chi connectivity index (χ1v) is 5.33. The van der Waals surface area contributed by atoms with Gasteiger partial charge < -0.3 is 16.2 Å². The molecule has 0 bridgehead atoms. The molecule has 1 fully saturated rings. The Morgan fingerprint density at radius 3 is 2.50 bits per heavy atom. The molecule has 1 heterocycles. The van der Waals surface area contributed by atoms with Crippen molar-refractivity contribution in [3.8, 4) is 0 Å². The van der Waals surface area contributed by atoms with Gasteiger partial charge in [0.25, 0.3) is 0 Å². The van der Waals surface area contributed by atoms with Crippen LogP contribution in [0.15, 0.2) is 0 Å². The Morgan fingerprint density at radius 1 is 1.57 bits per heavy atom. The molecule has 1 rings (SSSR count). The number of nitrogens with one attached hydrogen (secondary N) is 1. The Hall–Kier alpha value is -0.610. The van der Waals surface area contributed by atoms with Crippen molar-refractivity contribution in [3.05, 3.63) is 0 Å². The second-order valence-corrected chi connectivity index (χ2v) is 3.38. The summed E-state index contributed by atoms with van der Waals surface area (Å²) in [5, 5.41) is 12.8. The molecule has 1 amide bonds. The number of hydrogen-bond acceptors (Lipinski definition) is 3. The summed E-state index contributed by atoms with van der Waals surface area (Å²) in [5.41, 5.74) is 5.08. The van der Waals surface area contributed by atoms with E-state index in [1.165, 1.54) is 0 Å². The highest BCUT2D eigenvalue weighted by Gasteiger charge is 2.29. The third kappa shape index (κ3) is 3.64. The third-order valence-corrected chi connectivity index (χ3v) is 2.47. The number of aliphatic hydroxyl groups is 1. The zero-order valence-electron chi connectivity index (χ0n) is 9.29. The predicted molar refractivity (Wildman–Crippen MR) is 56.7 cm³/mol. The van der Waals surface area contributed by atoms with Crippen LogP contribution in [0.25, 0.3) is 0 Å². The van der Waals surface area contributed by atoms with Crippen LogP contribution in [-0.4, -0.2) is 29.7 Å². The Labute approximate surface area is 85.9 Å². The molecule has 4 N–H and O–H groups in total. The summed E-state index contributed by atoms with van der Waals surface area (Å²) in [4.78, 5) is 10.7. The SMILES string of the molecule is CC.CC(C(N)=O)C(O)C1CCCN1. The molecule has 3 atom stereocenters. The summed E-state index contributed by atoms with van der Waals surface area (Å²) in [5.74, 6) is -0.892. The highest BCUT2D eigenvalue weighted by atomic mass is 16.3. The summed E-state index contributed by atoms with van der Waals surface area (Å²) < 4.78 is 0. The minimum atomic E-state index is -0.634. The van der Waals surface area contributed by atoms with Gasteiger partial charge in [0.15, 0.2) is 0 Å². The van der Waals surface area contributed by atoms with Crippen LogP contribution in [0.2, 0.25) is 0 Å². The number of aliphatic hydroxyl groups excluding tert-OH is 1. The molecular formula is C10H22N2O2. The first kappa shape index (κ1) is 13.4. The van der Waals surface area contributed by atoms with Gasteiger partial charge in [0.05, 0.1) is 12.0 Å². The summed E-state index contributed by atoms with van der Waals surface area (Å²) in [6.45, 7) is 6.58. The highest BCUT2D eigenvalue weighted by molar-refractivity contribution is 5.76. The molecule has 0 aromatic carbocycles. The molecule has 1 saturated heterocycles. The maximum absolute atomic E-state index is 10.7. The monoisotopic (exact) mass is 202 g/mol. The number of carbonyl (C=O) groups is 1. The van der Waals surface area contributed by atoms with Crippen molar-refractivity contribution in [3.63, 3.8) is 0 Å². The van der Waals surface area contributed by atoms with E-state index in [1.807, 2.05) is 13.8 Å². The lowest BCUT2D eigenvalue weighted by molar-refractivity contribution is -0.125. The van der Waals surface area contributed by atoms with E-state index in [-0.39, 0.29) is 6.04 Å². The van der Waals surface area contributed by atoms with Crippen LogP contribution in [0, 0.1) is 5.92 Å². The van der Waals surface area contributed by atoms with Crippen LogP contribution >= 0.6 is 0 Å². The summed E-state index contributed by atoms with van der Waals surface area (Å²) in [7, 11) is 0. The molecule has 0 radical (unpaired) electrons. The second kappa shape index (κ2) is 6.79. The van der Waals surface area contributed by atoms with Gasteiger partial charge in [-0.15, -0.1) is 0 Å². The molecule has 1 aliphatic heterocycles. The second-order valence-electron chi connectivity index (χ2n) is 3.38. The van der Waals surface area contributed by atoms with Crippen molar-refractivity contribution in [1.29, 1.82) is 0 Å². The fourth-order valence-corrected chi connectivity index (χ4v) is 1.52. The Bertz CT molecular complexity index is 168. The maximum Gasteiger partial charge on any atom is 0.222 e. The standard InChI is InChI=1S/C8H16N2O2.C2H6/c1-5(8(9)12)7(11)6-3-2-4-10-6;1-2/h5-7,10-11H,2-4H2,1H3,(H2,9,12);1-2H3. The fourth-order valence-electron chi connectivity index (χ4n) is 1.52. The molecule has 4 nitrogen and oxygen atoms in total. The van der Waals surface area contributed by atoms with E-state index in [0.717, 1.165) is 19.4 Å². The maximum atomic E-state index is 10.7. The van der Waals surface area contributed by atoms with Crippen LogP contribution in [0.5, 0.6) is 0 Å². The van der Waals surface area contributed by atoms with E-state index in [4.69, 9.17) is 5.73 Å². The Balaban J connectivity index is 0.000000791. The molecule has 84 valence electrons. The third-order valence-electron chi connectivity index (χ3n) is 2.47. The van der Waals surface area contributed by atoms with E-state index in [2.05, 4.69) is 5.32 Å². The average molecular weight is 202 g/mol. The van der Waals surface area contributed by atoms with E-state index in [9.17, 15) is 9.90 Å². The lowest BCUT2D eigenvalue weighted by Gasteiger charge is -2.22. The predicted octanol–water partition coefficient (Wildman–Crippen LogP) is 0.247. The lowest BCUT2D eigenvalue weighted by Crippen LogP contribution is -2.43. The number of carbonyl (C=O) groups excluding carboxylic acids is 1. The molecular weight excluding hydrogens is 180 g/mol. The van der Waals surface area contributed by atoms with Crippen molar-refractivity contribution in [1.82, 2.24) is 5.32 Å². The summed E-state index contributed by atoms with van der Waals surface area (Å²) in [6.07, 6.45) is 1.36. The van der Waals surface area contributed by atoms with E-state index < -0.39 is 17.9 Å². The van der Waals surface area contributed by atoms with Crippen LogP contribution in [0.1, 0.15) is 33.6 Å². The molecule has 0 spiro atoms. The van der Waals surface area contributed by atoms with Crippen molar-refractivity contribution < 1.29 is 9.90 Å². The van der Waals surface area contributed by atoms with Gasteiger partial charge in [0.2, 0.25) is 5.91 Å². The molecule has 0 aromatic heterocycles. The minimum absolute atomic E-state index is 0.0486. The van der Waals surface area contributed by atoms with Gasteiger partial charge >= 0.3 is 0 Å². The van der Waals surface area contributed by atoms with E-state index in [1.54, 1.807) is 6.92 Å². The molecule has 4 heteroatoms. The van der Waals surface area contributed by atoms with E-state index >= 15 is 0 Å². The first-order chi connectivity index (χ1) is 6.63. The van der Waals surface area contributed by atoms with Crippen LogP contribution < -0.4 is 11.1 Å². The largest absolute Gasteiger partial charge is 0.391 e. The van der Waals surface area contributed by atoms with Gasteiger partial charge in [-0.05, 0) is 19.4 Å². The van der Waals surface area contributed by atoms with Crippen LogP contribution in [0.3, 0.4) is 0 Å². The van der Waals surface area contributed by atoms with Crippen molar-refractivity contribution in [2.75, 3.05) is 6.54 Å². The number of nitrogens with two attached hydrogens (primary N) is 1. The zero-order valence-corrected chi connectivity index (χ0v) is 9.29. The zero-order chi connectivity index (χ0) is 11.1. The molecule has 0 saturated carbocycles. The highest BCUT2D eigenvalue weighted by Crippen LogP contribution is 2.15. The van der Waals surface area contributed by atoms with Gasteiger partial charge in [-0.1, -0.05) is 20.8 Å². The number of amides is 1. The summed E-state index contributed by atoms with van der Waals surface area (Å²) >= 11 is 0. The molecule has 0 aliphatic carbocycles.